The van der Waals surface area contributed by atoms with Crippen LogP contribution in [0, 0.1) is 39.0 Å². The Morgan fingerprint density at radius 2 is 1.42 bits per heavy atom. The molecule has 0 amide bonds. The van der Waals surface area contributed by atoms with Gasteiger partial charge in [-0.05, 0) is 0 Å². The SMILES string of the molecule is Cl.Cl.[CH2]=[Zr]([CH3])([C]1=CC(C2(C)CCCCC2)=CC1C)([c]1ccc2ccccc2c1)[c]1c(C)c(C)cc2c1Cc1cc(C)c(C)cc1-2. The topological polar surface area (TPSA) is 0 Å². The van der Waals surface area contributed by atoms with Gasteiger partial charge in [0.1, 0.15) is 0 Å². The number of aryl methyl sites for hydroxylation is 3. The Balaban J connectivity index is 0.00000200. The van der Waals surface area contributed by atoms with Gasteiger partial charge in [-0.3, -0.25) is 0 Å². The standard InChI is InChI=1S/C17H17.C13H19.C10H7.CH3.CH2.2ClH.Zr/c1-10-5-14-9-15-6-11(2)13(4)8-17(15)16(14)7-12(10)3;1-11-6-7-12(10-11)13(2)8-4-3-5-9-13;1-2-6-10-8-4-3-7-9(10)5-1;;;;;/h5,7-8H,9H2,1-4H3;7,10-11H,3-5,8-9H2,1-2H3;1-3,5-8H;1H3;1H2;2*1H;. The fraction of sp³-hybridized carbons (Fsp3) is 0.357. The van der Waals surface area contributed by atoms with Crippen LogP contribution in [0.2, 0.25) is 4.63 Å². The van der Waals surface area contributed by atoms with E-state index < -0.39 is 18.3 Å². The molecule has 0 heterocycles. The Labute approximate surface area is 284 Å². The zero-order valence-corrected chi connectivity index (χ0v) is 32.4. The molecule has 0 radical (unpaired) electrons. The quantitative estimate of drug-likeness (QED) is 0.174. The maximum atomic E-state index is 5.67. The van der Waals surface area contributed by atoms with Gasteiger partial charge in [-0.15, -0.1) is 24.8 Å². The average molecular weight is 717 g/mol. The van der Waals surface area contributed by atoms with Crippen LogP contribution in [0.25, 0.3) is 21.9 Å². The summed E-state index contributed by atoms with van der Waals surface area (Å²) in [5.74, 6) is 0.400. The van der Waals surface area contributed by atoms with E-state index >= 15 is 0 Å². The molecule has 7 rings (SSSR count). The molecule has 0 nitrogen and oxygen atoms in total. The van der Waals surface area contributed by atoms with Gasteiger partial charge in [-0.2, -0.15) is 0 Å². The number of hydrogen-bond donors (Lipinski definition) is 0. The Bertz CT molecular complexity index is 1970. The minimum atomic E-state index is -4.46. The molecule has 236 valence electrons. The Morgan fingerprint density at radius 1 is 0.778 bits per heavy atom. The summed E-state index contributed by atoms with van der Waals surface area (Å²) in [6.07, 6.45) is 13.1. The van der Waals surface area contributed by atoms with E-state index in [1.165, 1.54) is 85.1 Å². The molecule has 3 aliphatic rings. The van der Waals surface area contributed by atoms with Crippen LogP contribution in [0.5, 0.6) is 0 Å². The number of hydrogen-bond acceptors (Lipinski definition) is 0. The predicted octanol–water partition coefficient (Wildman–Crippen LogP) is 11.0. The van der Waals surface area contributed by atoms with Crippen LogP contribution in [-0.4, -0.2) is 4.21 Å². The summed E-state index contributed by atoms with van der Waals surface area (Å²) in [4.78, 5) is 0. The van der Waals surface area contributed by atoms with Crippen molar-refractivity contribution in [3.63, 3.8) is 0 Å². The molecule has 4 aromatic rings. The molecule has 0 aromatic heterocycles. The van der Waals surface area contributed by atoms with Crippen molar-refractivity contribution >= 4 is 46.3 Å². The molecule has 45 heavy (non-hydrogen) atoms. The second-order valence-corrected chi connectivity index (χ2v) is 29.1. The third-order valence-corrected chi connectivity index (χ3v) is 27.1. The van der Waals surface area contributed by atoms with Crippen molar-refractivity contribution in [2.75, 3.05) is 0 Å². The van der Waals surface area contributed by atoms with E-state index in [0.717, 1.165) is 6.42 Å². The monoisotopic (exact) mass is 714 g/mol. The maximum absolute atomic E-state index is 5.67. The molecule has 0 aliphatic heterocycles. The average Bonchev–Trinajstić information content (AvgIpc) is 3.55. The third-order valence-electron chi connectivity index (χ3n) is 12.2. The first kappa shape index (κ1) is 34.3. The predicted molar refractivity (Wildman–Crippen MR) is 201 cm³/mol. The van der Waals surface area contributed by atoms with Crippen LogP contribution < -0.4 is 6.54 Å². The van der Waals surface area contributed by atoms with Crippen molar-refractivity contribution < 1.29 is 18.3 Å². The summed E-state index contributed by atoms with van der Waals surface area (Å²) >= 11 is -4.46. The van der Waals surface area contributed by atoms with Crippen LogP contribution in [0.15, 0.2) is 81.7 Å². The molecule has 1 unspecified atom stereocenters. The summed E-state index contributed by atoms with van der Waals surface area (Å²) in [5, 5.41) is 2.65. The minimum absolute atomic E-state index is 0. The first-order chi connectivity index (χ1) is 20.4. The molecule has 1 saturated carbocycles. The van der Waals surface area contributed by atoms with Crippen LogP contribution in [0.1, 0.15) is 79.3 Å². The fourth-order valence-corrected chi connectivity index (χ4v) is 24.4. The van der Waals surface area contributed by atoms with Crippen LogP contribution >= 0.6 is 24.8 Å². The van der Waals surface area contributed by atoms with Crippen LogP contribution in [0.4, 0.5) is 0 Å². The van der Waals surface area contributed by atoms with Gasteiger partial charge in [-0.25, -0.2) is 0 Å². The van der Waals surface area contributed by atoms with E-state index in [-0.39, 0.29) is 30.2 Å². The summed E-state index contributed by atoms with van der Waals surface area (Å²) < 4.78 is 13.1. The van der Waals surface area contributed by atoms with Gasteiger partial charge in [0.25, 0.3) is 0 Å². The summed E-state index contributed by atoms with van der Waals surface area (Å²) in [6, 6.07) is 23.7. The van der Waals surface area contributed by atoms with E-state index in [4.69, 9.17) is 4.21 Å². The van der Waals surface area contributed by atoms with Gasteiger partial charge in [0.05, 0.1) is 0 Å². The van der Waals surface area contributed by atoms with Gasteiger partial charge in [-0.1, -0.05) is 0 Å². The zero-order chi connectivity index (χ0) is 30.3. The second kappa shape index (κ2) is 11.9. The first-order valence-corrected chi connectivity index (χ1v) is 24.5. The Hall–Kier alpha value is -2.05. The molecular weight excluding hydrogens is 667 g/mol. The molecule has 3 aliphatic carbocycles. The molecular formula is C42H50Cl2Zr. The van der Waals surface area contributed by atoms with Crippen LogP contribution in [0.3, 0.4) is 0 Å². The van der Waals surface area contributed by atoms with Crippen LogP contribution in [-0.2, 0) is 24.7 Å². The molecule has 4 aromatic carbocycles. The van der Waals surface area contributed by atoms with E-state index in [0.29, 0.717) is 5.92 Å². The molecule has 0 saturated heterocycles. The fourth-order valence-electron chi connectivity index (χ4n) is 9.35. The van der Waals surface area contributed by atoms with Gasteiger partial charge in [0.15, 0.2) is 0 Å². The summed E-state index contributed by atoms with van der Waals surface area (Å²) in [6.45, 7) is 14.3. The Kier molecular flexibility index (Phi) is 9.05. The van der Waals surface area contributed by atoms with Gasteiger partial charge >= 0.3 is 262 Å². The molecule has 3 heteroatoms. The van der Waals surface area contributed by atoms with Crippen molar-refractivity contribution in [2.45, 2.75) is 84.7 Å². The van der Waals surface area contributed by atoms with E-state index in [1.807, 2.05) is 0 Å². The van der Waals surface area contributed by atoms with E-state index in [2.05, 4.69) is 119 Å². The van der Waals surface area contributed by atoms with E-state index in [9.17, 15) is 0 Å². The number of benzene rings is 4. The van der Waals surface area contributed by atoms with Gasteiger partial charge < -0.3 is 0 Å². The van der Waals surface area contributed by atoms with E-state index in [1.54, 1.807) is 17.7 Å². The molecule has 1 atom stereocenters. The second-order valence-electron chi connectivity index (χ2n) is 15.2. The number of halogens is 2. The molecule has 0 N–H and O–H groups in total. The van der Waals surface area contributed by atoms with Gasteiger partial charge in [0, 0.05) is 0 Å². The molecule has 0 bridgehead atoms. The zero-order valence-electron chi connectivity index (χ0n) is 28.3. The van der Waals surface area contributed by atoms with Gasteiger partial charge in [0.2, 0.25) is 0 Å². The van der Waals surface area contributed by atoms with Crippen molar-refractivity contribution in [3.05, 3.63) is 115 Å². The molecule has 0 spiro atoms. The summed E-state index contributed by atoms with van der Waals surface area (Å²) in [5.41, 5.74) is 13.5. The normalized spacial score (nSPS) is 18.8. The van der Waals surface area contributed by atoms with Crippen molar-refractivity contribution in [3.8, 4) is 11.1 Å². The Morgan fingerprint density at radius 3 is 2.13 bits per heavy atom. The number of allylic oxidation sites excluding steroid dienone is 4. The first-order valence-electron chi connectivity index (χ1n) is 16.6. The number of fused-ring (bicyclic) bond motifs is 4. The third kappa shape index (κ3) is 5.16. The van der Waals surface area contributed by atoms with Crippen molar-refractivity contribution in [2.24, 2.45) is 11.3 Å². The van der Waals surface area contributed by atoms with Crippen molar-refractivity contribution in [1.82, 2.24) is 0 Å². The number of rotatable bonds is 4. The van der Waals surface area contributed by atoms with Crippen molar-refractivity contribution in [1.29, 1.82) is 0 Å². The molecule has 1 fully saturated rings. The summed E-state index contributed by atoms with van der Waals surface area (Å²) in [7, 11) is 0.